The maximum Gasteiger partial charge on any atom is 0.472 e. The van der Waals surface area contributed by atoms with Crippen molar-refractivity contribution in [1.82, 2.24) is 0 Å². The molecular formula is C56H91O11P. The van der Waals surface area contributed by atoms with Crippen molar-refractivity contribution in [2.45, 2.75) is 200 Å². The van der Waals surface area contributed by atoms with E-state index in [4.69, 9.17) is 23.3 Å². The fraction of sp³-hybridized carbons (Fsp3) is 0.625. The summed E-state index contributed by atoms with van der Waals surface area (Å²) in [4.78, 5) is 48.2. The van der Waals surface area contributed by atoms with E-state index in [9.17, 15) is 28.9 Å². The van der Waals surface area contributed by atoms with Gasteiger partial charge < -0.3 is 24.2 Å². The summed E-state index contributed by atoms with van der Waals surface area (Å²) in [6.07, 6.45) is 58.1. The summed E-state index contributed by atoms with van der Waals surface area (Å²) in [5.41, 5.74) is 0. The quantitative estimate of drug-likeness (QED) is 0.0197. The van der Waals surface area contributed by atoms with Crippen LogP contribution in [-0.2, 0) is 42.2 Å². The van der Waals surface area contributed by atoms with Crippen molar-refractivity contribution in [2.75, 3.05) is 26.4 Å². The molecule has 0 rings (SSSR count). The van der Waals surface area contributed by atoms with E-state index in [1.165, 1.54) is 12.8 Å². The number of hydrogen-bond acceptors (Lipinski definition) is 10. The summed E-state index contributed by atoms with van der Waals surface area (Å²) in [6, 6.07) is 0. The number of rotatable bonds is 46. The Hall–Kier alpha value is -3.86. The first-order valence-corrected chi connectivity index (χ1v) is 27.3. The largest absolute Gasteiger partial charge is 0.472 e. The molecule has 0 spiro atoms. The number of esters is 3. The number of phosphoric ester groups is 1. The van der Waals surface area contributed by atoms with E-state index in [1.54, 1.807) is 6.08 Å². The van der Waals surface area contributed by atoms with Crippen LogP contribution in [0.2, 0.25) is 0 Å². The minimum Gasteiger partial charge on any atom is -0.462 e. The van der Waals surface area contributed by atoms with Crippen molar-refractivity contribution >= 4 is 25.7 Å². The van der Waals surface area contributed by atoms with Crippen LogP contribution in [-0.4, -0.2) is 66.5 Å². The van der Waals surface area contributed by atoms with Gasteiger partial charge in [0.05, 0.1) is 26.2 Å². The van der Waals surface area contributed by atoms with E-state index in [0.717, 1.165) is 116 Å². The molecule has 0 aliphatic heterocycles. The summed E-state index contributed by atoms with van der Waals surface area (Å²) in [7, 11) is -4.78. The first-order chi connectivity index (χ1) is 33.2. The molecule has 0 aromatic rings. The highest BCUT2D eigenvalue weighted by Gasteiger charge is 2.28. The van der Waals surface area contributed by atoms with Crippen molar-refractivity contribution in [3.63, 3.8) is 0 Å². The molecule has 11 nitrogen and oxygen atoms in total. The summed E-state index contributed by atoms with van der Waals surface area (Å²) < 4.78 is 39.2. The normalized spacial score (nSPS) is 14.4. The Morgan fingerprint density at radius 3 is 1.31 bits per heavy atom. The molecule has 0 saturated carbocycles. The smallest absolute Gasteiger partial charge is 0.462 e. The Kier molecular flexibility index (Phi) is 46.7. The number of aliphatic hydroxyl groups excluding tert-OH is 1. The van der Waals surface area contributed by atoms with Crippen molar-refractivity contribution in [3.8, 4) is 0 Å². The topological polar surface area (TPSA) is 155 Å². The summed E-state index contributed by atoms with van der Waals surface area (Å²) in [5.74, 6) is -1.66. The molecule has 0 aromatic heterocycles. The zero-order valence-corrected chi connectivity index (χ0v) is 43.2. The second kappa shape index (κ2) is 49.6. The van der Waals surface area contributed by atoms with Crippen LogP contribution in [0.3, 0.4) is 0 Å². The fourth-order valence-corrected chi connectivity index (χ4v) is 7.09. The number of ether oxygens (including phenoxy) is 3. The molecule has 12 heteroatoms. The van der Waals surface area contributed by atoms with Gasteiger partial charge in [-0.05, 0) is 96.3 Å². The number of carbonyl (C=O) groups excluding carboxylic acids is 3. The minimum atomic E-state index is -4.78. The molecule has 0 aliphatic carbocycles. The molecule has 3 unspecified atom stereocenters. The summed E-state index contributed by atoms with van der Waals surface area (Å²) in [5, 5.41) is 9.77. The summed E-state index contributed by atoms with van der Waals surface area (Å²) in [6.45, 7) is 4.20. The second-order valence-electron chi connectivity index (χ2n) is 16.6. The van der Waals surface area contributed by atoms with Crippen LogP contribution >= 0.6 is 7.82 Å². The number of hydrogen-bond donors (Lipinski definition) is 2. The maximum absolute atomic E-state index is 12.8. The predicted octanol–water partition coefficient (Wildman–Crippen LogP) is 14.7. The van der Waals surface area contributed by atoms with Gasteiger partial charge in [-0.3, -0.25) is 23.4 Å². The third-order valence-corrected chi connectivity index (χ3v) is 11.1. The van der Waals surface area contributed by atoms with Gasteiger partial charge in [-0.25, -0.2) is 4.57 Å². The average Bonchev–Trinajstić information content (AvgIpc) is 3.32. The van der Waals surface area contributed by atoms with Crippen molar-refractivity contribution in [3.05, 3.63) is 109 Å². The van der Waals surface area contributed by atoms with E-state index in [0.29, 0.717) is 19.3 Å². The van der Waals surface area contributed by atoms with Gasteiger partial charge in [0.1, 0.15) is 12.7 Å². The maximum atomic E-state index is 12.8. The van der Waals surface area contributed by atoms with Crippen LogP contribution in [0, 0.1) is 0 Å². The lowest BCUT2D eigenvalue weighted by atomic mass is 10.1. The van der Waals surface area contributed by atoms with Crippen molar-refractivity contribution in [1.29, 1.82) is 0 Å². The third-order valence-electron chi connectivity index (χ3n) is 10.2. The van der Waals surface area contributed by atoms with Crippen LogP contribution < -0.4 is 0 Å². The highest BCUT2D eigenvalue weighted by atomic mass is 31.2. The number of phosphoric acid groups is 1. The molecule has 0 bridgehead atoms. The Bertz CT molecular complexity index is 1550. The SMILES string of the molecule is CC/C=C\C/C=C\C/C=C\C/C=C\C/C=C\CC(=O)OC(COC(=O)CCCCCCC/C=C\CCCC)COP(=O)(O)OCC(CO)OC(=O)CCCCCCC/C=C\C/C=C\C/C=C\CC. The van der Waals surface area contributed by atoms with Gasteiger partial charge in [-0.15, -0.1) is 0 Å². The van der Waals surface area contributed by atoms with Gasteiger partial charge >= 0.3 is 25.7 Å². The molecule has 0 radical (unpaired) electrons. The van der Waals surface area contributed by atoms with Crippen LogP contribution in [0.5, 0.6) is 0 Å². The lowest BCUT2D eigenvalue weighted by molar-refractivity contribution is -0.160. The highest BCUT2D eigenvalue weighted by Crippen LogP contribution is 2.43. The molecule has 0 aromatic carbocycles. The Labute approximate surface area is 412 Å². The van der Waals surface area contributed by atoms with E-state index in [2.05, 4.69) is 106 Å². The number of aliphatic hydroxyl groups is 1. The second-order valence-corrected chi connectivity index (χ2v) is 18.0. The van der Waals surface area contributed by atoms with E-state index < -0.39 is 57.8 Å². The Balaban J connectivity index is 4.86. The molecular weight excluding hydrogens is 880 g/mol. The molecule has 3 atom stereocenters. The average molecular weight is 971 g/mol. The number of allylic oxidation sites excluding steroid dienone is 17. The zero-order valence-electron chi connectivity index (χ0n) is 42.3. The first kappa shape index (κ1) is 64.1. The predicted molar refractivity (Wildman–Crippen MR) is 279 cm³/mol. The van der Waals surface area contributed by atoms with Crippen molar-refractivity contribution in [2.24, 2.45) is 0 Å². The van der Waals surface area contributed by atoms with Gasteiger partial charge in [0.15, 0.2) is 6.10 Å². The Morgan fingerprint density at radius 2 is 0.824 bits per heavy atom. The number of carbonyl (C=O) groups is 3. The molecule has 2 N–H and O–H groups in total. The molecule has 0 amide bonds. The standard InChI is InChI=1S/C56H91O11P/c1-4-7-10-13-16-19-22-24-26-28-31-34-37-40-43-46-55(59)66-52(48-57)50-64-68(61,62)65-51-53(49-63-54(58)45-42-39-36-33-30-21-18-15-12-9-6-3)67-56(60)47-44-41-38-35-32-29-27-25-23-20-17-14-11-8-5-2/h7-8,10-11,15-20,24-27,32,35,41,44,52-53,57H,4-6,9,12-14,21-23,28-31,33-34,36-40,42-43,45-51H2,1-3H3,(H,61,62)/b10-7-,11-8-,18-15-,19-16-,20-17-,26-24-,27-25-,35-32-,44-41-. The van der Waals surface area contributed by atoms with Gasteiger partial charge in [-0.2, -0.15) is 0 Å². The van der Waals surface area contributed by atoms with Gasteiger partial charge in [0, 0.05) is 12.8 Å². The van der Waals surface area contributed by atoms with E-state index in [1.807, 2.05) is 18.2 Å². The Morgan fingerprint density at radius 1 is 0.441 bits per heavy atom. The van der Waals surface area contributed by atoms with Crippen molar-refractivity contribution < 1.29 is 52.2 Å². The molecule has 0 fully saturated rings. The van der Waals surface area contributed by atoms with Crippen LogP contribution in [0.15, 0.2) is 109 Å². The van der Waals surface area contributed by atoms with Crippen LogP contribution in [0.1, 0.15) is 188 Å². The molecule has 68 heavy (non-hydrogen) atoms. The minimum absolute atomic E-state index is 0.0724. The van der Waals surface area contributed by atoms with Crippen LogP contribution in [0.25, 0.3) is 0 Å². The lowest BCUT2D eigenvalue weighted by Gasteiger charge is -2.21. The molecule has 0 heterocycles. The monoisotopic (exact) mass is 971 g/mol. The fourth-order valence-electron chi connectivity index (χ4n) is 6.31. The zero-order chi connectivity index (χ0) is 49.9. The van der Waals surface area contributed by atoms with Crippen LogP contribution in [0.4, 0.5) is 0 Å². The number of unbranched alkanes of at least 4 members (excludes halogenated alkanes) is 12. The molecule has 0 saturated heterocycles. The highest BCUT2D eigenvalue weighted by molar-refractivity contribution is 7.47. The molecule has 0 aliphatic rings. The molecule has 386 valence electrons. The van der Waals surface area contributed by atoms with Gasteiger partial charge in [0.25, 0.3) is 0 Å². The first-order valence-electron chi connectivity index (χ1n) is 25.8. The summed E-state index contributed by atoms with van der Waals surface area (Å²) >= 11 is 0. The third kappa shape index (κ3) is 47.2. The van der Waals surface area contributed by atoms with Gasteiger partial charge in [-0.1, -0.05) is 182 Å². The van der Waals surface area contributed by atoms with E-state index >= 15 is 0 Å². The van der Waals surface area contributed by atoms with E-state index in [-0.39, 0.29) is 25.9 Å². The lowest BCUT2D eigenvalue weighted by Crippen LogP contribution is -2.30. The van der Waals surface area contributed by atoms with Gasteiger partial charge in [0.2, 0.25) is 0 Å².